The molecule has 0 spiro atoms. The predicted octanol–water partition coefficient (Wildman–Crippen LogP) is 2.39. The first kappa shape index (κ1) is 13.6. The van der Waals surface area contributed by atoms with E-state index < -0.39 is 23.1 Å². The molecule has 0 aromatic heterocycles. The molecule has 0 heterocycles. The van der Waals surface area contributed by atoms with Crippen LogP contribution in [0.5, 0.6) is 5.75 Å². The summed E-state index contributed by atoms with van der Waals surface area (Å²) >= 11 is 0. The molecule has 1 unspecified atom stereocenters. The zero-order chi connectivity index (χ0) is 13.2. The summed E-state index contributed by atoms with van der Waals surface area (Å²) in [6, 6.07) is 3.72. The highest BCUT2D eigenvalue weighted by Crippen LogP contribution is 2.25. The van der Waals surface area contributed by atoms with E-state index in [0.29, 0.717) is 0 Å². The van der Waals surface area contributed by atoms with Crippen molar-refractivity contribution in [2.75, 3.05) is 7.11 Å². The summed E-state index contributed by atoms with van der Waals surface area (Å²) in [5, 5.41) is 0. The number of nitrogens with two attached hydrogens (primary N) is 1. The summed E-state index contributed by atoms with van der Waals surface area (Å²) in [4.78, 5) is 12.1. The van der Waals surface area contributed by atoms with Crippen LogP contribution in [0, 0.1) is 11.2 Å². The van der Waals surface area contributed by atoms with Crippen LogP contribution in [-0.4, -0.2) is 18.9 Å². The Kier molecular flexibility index (Phi) is 3.88. The molecule has 94 valence electrons. The van der Waals surface area contributed by atoms with Crippen molar-refractivity contribution in [3.8, 4) is 5.75 Å². The third-order valence-corrected chi connectivity index (χ3v) is 2.66. The van der Waals surface area contributed by atoms with Gasteiger partial charge in [0.15, 0.2) is 17.3 Å². The third-order valence-electron chi connectivity index (χ3n) is 2.66. The quantitative estimate of drug-likeness (QED) is 0.824. The SMILES string of the molecule is COc1cccc(C(=O)C(N)C(C)(C)C)c1F. The highest BCUT2D eigenvalue weighted by atomic mass is 19.1. The molecule has 0 aliphatic heterocycles. The number of halogens is 1. The van der Waals surface area contributed by atoms with Gasteiger partial charge in [-0.3, -0.25) is 4.79 Å². The molecular weight excluding hydrogens is 221 g/mol. The van der Waals surface area contributed by atoms with Gasteiger partial charge in [0.25, 0.3) is 0 Å². The van der Waals surface area contributed by atoms with E-state index in [1.165, 1.54) is 19.2 Å². The van der Waals surface area contributed by atoms with Crippen LogP contribution in [0.25, 0.3) is 0 Å². The topological polar surface area (TPSA) is 52.3 Å². The van der Waals surface area contributed by atoms with Crippen LogP contribution >= 0.6 is 0 Å². The number of rotatable bonds is 3. The second-order valence-electron chi connectivity index (χ2n) is 5.03. The number of benzene rings is 1. The van der Waals surface area contributed by atoms with E-state index in [2.05, 4.69) is 0 Å². The van der Waals surface area contributed by atoms with Crippen LogP contribution < -0.4 is 10.5 Å². The smallest absolute Gasteiger partial charge is 0.183 e. The van der Waals surface area contributed by atoms with Gasteiger partial charge in [-0.15, -0.1) is 0 Å². The fourth-order valence-electron chi connectivity index (χ4n) is 1.42. The van der Waals surface area contributed by atoms with Crippen LogP contribution in [-0.2, 0) is 0 Å². The summed E-state index contributed by atoms with van der Waals surface area (Å²) in [6.07, 6.45) is 0. The Balaban J connectivity index is 3.13. The lowest BCUT2D eigenvalue weighted by Crippen LogP contribution is -2.42. The number of carbonyl (C=O) groups excluding carboxylic acids is 1. The second kappa shape index (κ2) is 4.84. The van der Waals surface area contributed by atoms with E-state index in [9.17, 15) is 9.18 Å². The van der Waals surface area contributed by atoms with Gasteiger partial charge in [0, 0.05) is 0 Å². The Bertz CT molecular complexity index is 424. The number of methoxy groups -OCH3 is 1. The van der Waals surface area contributed by atoms with E-state index in [0.717, 1.165) is 0 Å². The summed E-state index contributed by atoms with van der Waals surface area (Å²) in [6.45, 7) is 5.52. The molecule has 1 aromatic rings. The van der Waals surface area contributed by atoms with E-state index >= 15 is 0 Å². The lowest BCUT2D eigenvalue weighted by Gasteiger charge is -2.25. The zero-order valence-electron chi connectivity index (χ0n) is 10.6. The molecule has 2 N–H and O–H groups in total. The van der Waals surface area contributed by atoms with Gasteiger partial charge in [0.1, 0.15) is 0 Å². The van der Waals surface area contributed by atoms with Crippen molar-refractivity contribution in [2.45, 2.75) is 26.8 Å². The summed E-state index contributed by atoms with van der Waals surface area (Å²) in [7, 11) is 1.36. The monoisotopic (exact) mass is 239 g/mol. The Labute approximate surface area is 101 Å². The van der Waals surface area contributed by atoms with Crippen molar-refractivity contribution in [3.05, 3.63) is 29.6 Å². The minimum Gasteiger partial charge on any atom is -0.494 e. The fourth-order valence-corrected chi connectivity index (χ4v) is 1.42. The van der Waals surface area contributed by atoms with Gasteiger partial charge in [-0.1, -0.05) is 26.8 Å². The number of ether oxygens (including phenoxy) is 1. The Hall–Kier alpha value is -1.42. The summed E-state index contributed by atoms with van der Waals surface area (Å²) in [5.74, 6) is -1.01. The maximum atomic E-state index is 13.9. The predicted molar refractivity (Wildman–Crippen MR) is 64.7 cm³/mol. The maximum Gasteiger partial charge on any atom is 0.183 e. The van der Waals surface area contributed by atoms with E-state index in [1.54, 1.807) is 6.07 Å². The van der Waals surface area contributed by atoms with Gasteiger partial charge in [0.05, 0.1) is 18.7 Å². The highest BCUT2D eigenvalue weighted by Gasteiger charge is 2.30. The molecule has 1 rings (SSSR count). The van der Waals surface area contributed by atoms with Crippen molar-refractivity contribution >= 4 is 5.78 Å². The van der Waals surface area contributed by atoms with Gasteiger partial charge < -0.3 is 10.5 Å². The number of carbonyl (C=O) groups is 1. The molecule has 0 bridgehead atoms. The molecule has 0 aliphatic rings. The lowest BCUT2D eigenvalue weighted by atomic mass is 9.83. The van der Waals surface area contributed by atoms with Crippen molar-refractivity contribution in [1.29, 1.82) is 0 Å². The first-order valence-corrected chi connectivity index (χ1v) is 5.41. The van der Waals surface area contributed by atoms with E-state index in [4.69, 9.17) is 10.5 Å². The van der Waals surface area contributed by atoms with Gasteiger partial charge in [-0.2, -0.15) is 0 Å². The molecule has 17 heavy (non-hydrogen) atoms. The summed E-state index contributed by atoms with van der Waals surface area (Å²) in [5.41, 5.74) is 5.40. The highest BCUT2D eigenvalue weighted by molar-refractivity contribution is 6.01. The van der Waals surface area contributed by atoms with E-state index in [-0.39, 0.29) is 11.3 Å². The van der Waals surface area contributed by atoms with Crippen molar-refractivity contribution in [3.63, 3.8) is 0 Å². The van der Waals surface area contributed by atoms with Crippen LogP contribution in [0.1, 0.15) is 31.1 Å². The summed E-state index contributed by atoms with van der Waals surface area (Å²) < 4.78 is 18.7. The first-order valence-electron chi connectivity index (χ1n) is 5.41. The number of Topliss-reactive ketones (excluding diaryl/α,β-unsaturated/α-hetero) is 1. The lowest BCUT2D eigenvalue weighted by molar-refractivity contribution is 0.0896. The second-order valence-corrected chi connectivity index (χ2v) is 5.03. The van der Waals surface area contributed by atoms with Gasteiger partial charge in [-0.05, 0) is 17.5 Å². The van der Waals surface area contributed by atoms with Crippen LogP contribution in [0.3, 0.4) is 0 Å². The van der Waals surface area contributed by atoms with Gasteiger partial charge >= 0.3 is 0 Å². The Morgan fingerprint density at radius 2 is 2.00 bits per heavy atom. The molecule has 1 atom stereocenters. The molecule has 0 fully saturated rings. The molecule has 0 radical (unpaired) electrons. The zero-order valence-corrected chi connectivity index (χ0v) is 10.6. The molecule has 4 heteroatoms. The molecule has 0 aliphatic carbocycles. The Morgan fingerprint density at radius 3 is 2.47 bits per heavy atom. The minimum atomic E-state index is -0.746. The average Bonchev–Trinajstić information content (AvgIpc) is 2.26. The normalized spacial score (nSPS) is 13.3. The van der Waals surface area contributed by atoms with E-state index in [1.807, 2.05) is 20.8 Å². The van der Waals surface area contributed by atoms with Gasteiger partial charge in [-0.25, -0.2) is 4.39 Å². The third kappa shape index (κ3) is 2.82. The molecule has 3 nitrogen and oxygen atoms in total. The maximum absolute atomic E-state index is 13.9. The van der Waals surface area contributed by atoms with Crippen molar-refractivity contribution < 1.29 is 13.9 Å². The molecule has 0 saturated carbocycles. The number of hydrogen-bond acceptors (Lipinski definition) is 3. The number of ketones is 1. The van der Waals surface area contributed by atoms with Crippen LogP contribution in [0.2, 0.25) is 0 Å². The van der Waals surface area contributed by atoms with Crippen molar-refractivity contribution in [1.82, 2.24) is 0 Å². The standard InChI is InChI=1S/C13H18FNO2/c1-13(2,3)12(15)11(16)8-6-5-7-9(17-4)10(8)14/h5-7,12H,15H2,1-4H3. The fraction of sp³-hybridized carbons (Fsp3) is 0.462. The molecule has 0 saturated heterocycles. The van der Waals surface area contributed by atoms with Gasteiger partial charge in [0.2, 0.25) is 0 Å². The molecular formula is C13H18FNO2. The Morgan fingerprint density at radius 1 is 1.41 bits per heavy atom. The number of hydrogen-bond donors (Lipinski definition) is 1. The van der Waals surface area contributed by atoms with Crippen LogP contribution in [0.15, 0.2) is 18.2 Å². The van der Waals surface area contributed by atoms with Crippen LogP contribution in [0.4, 0.5) is 4.39 Å². The molecule has 1 aromatic carbocycles. The minimum absolute atomic E-state index is 0.0215. The first-order chi connectivity index (χ1) is 7.79. The largest absolute Gasteiger partial charge is 0.494 e. The van der Waals surface area contributed by atoms with Crippen molar-refractivity contribution in [2.24, 2.45) is 11.1 Å². The average molecular weight is 239 g/mol. The molecule has 0 amide bonds.